The third kappa shape index (κ3) is 1.79. The van der Waals surface area contributed by atoms with Crippen LogP contribution in [0.15, 0.2) is 24.5 Å². The van der Waals surface area contributed by atoms with Crippen molar-refractivity contribution in [1.29, 1.82) is 0 Å². The molecule has 0 bridgehead atoms. The molecule has 4 atom stereocenters. The summed E-state index contributed by atoms with van der Waals surface area (Å²) in [5.41, 5.74) is 6.98. The number of fused-ring (bicyclic) bond motifs is 1. The van der Waals surface area contributed by atoms with Crippen molar-refractivity contribution in [2.24, 2.45) is 0 Å². The van der Waals surface area contributed by atoms with Crippen molar-refractivity contribution in [3.8, 4) is 0 Å². The fourth-order valence-electron chi connectivity index (χ4n) is 2.39. The van der Waals surface area contributed by atoms with Crippen molar-refractivity contribution in [3.05, 3.63) is 24.5 Å². The Labute approximate surface area is 108 Å². The largest absolute Gasteiger partial charge is 0.398 e. The predicted octanol–water partition coefficient (Wildman–Crippen LogP) is -0.770. The molecule has 0 saturated carbocycles. The first-order valence-electron chi connectivity index (χ1n) is 5.97. The lowest BCUT2D eigenvalue weighted by atomic mass is 10.1. The van der Waals surface area contributed by atoms with Gasteiger partial charge in [-0.15, -0.1) is 0 Å². The van der Waals surface area contributed by atoms with Crippen LogP contribution in [0, 0.1) is 0 Å². The number of ether oxygens (including phenoxy) is 1. The fraction of sp³-hybridized carbons (Fsp3) is 0.417. The van der Waals surface area contributed by atoms with Crippen molar-refractivity contribution < 1.29 is 20.1 Å². The lowest BCUT2D eigenvalue weighted by Gasteiger charge is -2.17. The van der Waals surface area contributed by atoms with E-state index in [0.717, 1.165) is 5.39 Å². The highest BCUT2D eigenvalue weighted by Crippen LogP contribution is 2.32. The van der Waals surface area contributed by atoms with Crippen LogP contribution in [0.4, 0.5) is 5.69 Å². The zero-order valence-electron chi connectivity index (χ0n) is 10.0. The minimum Gasteiger partial charge on any atom is -0.398 e. The third-order valence-corrected chi connectivity index (χ3v) is 3.44. The summed E-state index contributed by atoms with van der Waals surface area (Å²) in [5, 5.41) is 29.6. The zero-order chi connectivity index (χ0) is 13.6. The van der Waals surface area contributed by atoms with Gasteiger partial charge in [0.25, 0.3) is 0 Å². The quantitative estimate of drug-likeness (QED) is 0.567. The van der Waals surface area contributed by atoms with Crippen LogP contribution in [0.1, 0.15) is 6.23 Å². The maximum absolute atomic E-state index is 9.99. The zero-order valence-corrected chi connectivity index (χ0v) is 10.0. The maximum Gasteiger partial charge on any atom is 0.164 e. The second-order valence-electron chi connectivity index (χ2n) is 4.59. The molecule has 7 nitrogen and oxygen atoms in total. The molecule has 3 heterocycles. The first-order chi connectivity index (χ1) is 9.13. The van der Waals surface area contributed by atoms with E-state index in [1.54, 1.807) is 29.1 Å². The van der Waals surface area contributed by atoms with E-state index >= 15 is 0 Å². The summed E-state index contributed by atoms with van der Waals surface area (Å²) in [6.45, 7) is -0.358. The number of rotatable bonds is 2. The van der Waals surface area contributed by atoms with Gasteiger partial charge in [-0.05, 0) is 12.1 Å². The van der Waals surface area contributed by atoms with Gasteiger partial charge in [-0.3, -0.25) is 0 Å². The maximum atomic E-state index is 9.99. The SMILES string of the molecule is Nc1ccnc2c1ccn2[C@@H]1O[C@H](CO)[C@@H](O)[C@H]1O. The van der Waals surface area contributed by atoms with Crippen molar-refractivity contribution in [2.75, 3.05) is 12.3 Å². The molecule has 0 radical (unpaired) electrons. The van der Waals surface area contributed by atoms with E-state index in [4.69, 9.17) is 15.6 Å². The van der Waals surface area contributed by atoms with Gasteiger partial charge in [0.1, 0.15) is 24.0 Å². The number of aliphatic hydroxyl groups excluding tert-OH is 3. The Morgan fingerprint density at radius 1 is 1.32 bits per heavy atom. The van der Waals surface area contributed by atoms with Crippen LogP contribution >= 0.6 is 0 Å². The van der Waals surface area contributed by atoms with Crippen LogP contribution in [0.3, 0.4) is 0 Å². The molecule has 102 valence electrons. The Morgan fingerprint density at radius 3 is 2.79 bits per heavy atom. The molecule has 1 saturated heterocycles. The van der Waals surface area contributed by atoms with Crippen LogP contribution in [0.2, 0.25) is 0 Å². The summed E-state index contributed by atoms with van der Waals surface area (Å²) in [6.07, 6.45) is -0.605. The Bertz CT molecular complexity index is 600. The van der Waals surface area contributed by atoms with Gasteiger partial charge >= 0.3 is 0 Å². The average molecular weight is 265 g/mol. The first kappa shape index (κ1) is 12.4. The van der Waals surface area contributed by atoms with E-state index in [0.29, 0.717) is 11.3 Å². The van der Waals surface area contributed by atoms with E-state index in [2.05, 4.69) is 4.98 Å². The topological polar surface area (TPSA) is 114 Å². The third-order valence-electron chi connectivity index (χ3n) is 3.44. The molecule has 5 N–H and O–H groups in total. The molecule has 2 aromatic heterocycles. The Kier molecular flexibility index (Phi) is 2.90. The van der Waals surface area contributed by atoms with Gasteiger partial charge in [-0.1, -0.05) is 0 Å². The summed E-state index contributed by atoms with van der Waals surface area (Å²) in [4.78, 5) is 4.20. The van der Waals surface area contributed by atoms with E-state index < -0.39 is 24.5 Å². The summed E-state index contributed by atoms with van der Waals surface area (Å²) in [5.74, 6) is 0. The summed E-state index contributed by atoms with van der Waals surface area (Å²) in [7, 11) is 0. The first-order valence-corrected chi connectivity index (χ1v) is 5.97. The Hall–Kier alpha value is -1.67. The van der Waals surface area contributed by atoms with Gasteiger partial charge < -0.3 is 30.4 Å². The summed E-state index contributed by atoms with van der Waals surface area (Å²) < 4.78 is 7.07. The normalized spacial score (nSPS) is 31.1. The highest BCUT2D eigenvalue weighted by Gasteiger charge is 2.43. The number of aromatic nitrogens is 2. The number of hydrogen-bond acceptors (Lipinski definition) is 6. The summed E-state index contributed by atoms with van der Waals surface area (Å²) >= 11 is 0. The minimum absolute atomic E-state index is 0.358. The van der Waals surface area contributed by atoms with E-state index in [1.165, 1.54) is 0 Å². The van der Waals surface area contributed by atoms with E-state index in [9.17, 15) is 10.2 Å². The number of nitrogens with two attached hydrogens (primary N) is 1. The van der Waals surface area contributed by atoms with Crippen molar-refractivity contribution in [1.82, 2.24) is 9.55 Å². The summed E-state index contributed by atoms with van der Waals surface area (Å²) in [6, 6.07) is 3.45. The number of anilines is 1. The van der Waals surface area contributed by atoms with E-state index in [-0.39, 0.29) is 6.61 Å². The highest BCUT2D eigenvalue weighted by atomic mass is 16.6. The Balaban J connectivity index is 2.04. The van der Waals surface area contributed by atoms with Crippen LogP contribution in [-0.2, 0) is 4.74 Å². The van der Waals surface area contributed by atoms with Crippen LogP contribution in [0.25, 0.3) is 11.0 Å². The smallest absolute Gasteiger partial charge is 0.164 e. The number of hydrogen-bond donors (Lipinski definition) is 4. The molecule has 0 aliphatic carbocycles. The average Bonchev–Trinajstić information content (AvgIpc) is 2.94. The van der Waals surface area contributed by atoms with Gasteiger partial charge in [0.2, 0.25) is 0 Å². The minimum atomic E-state index is -1.13. The van der Waals surface area contributed by atoms with Crippen LogP contribution in [0.5, 0.6) is 0 Å². The second-order valence-corrected chi connectivity index (χ2v) is 4.59. The number of pyridine rings is 1. The van der Waals surface area contributed by atoms with Crippen LogP contribution < -0.4 is 5.73 Å². The second kappa shape index (κ2) is 4.46. The lowest BCUT2D eigenvalue weighted by molar-refractivity contribution is -0.0508. The van der Waals surface area contributed by atoms with Crippen molar-refractivity contribution in [2.45, 2.75) is 24.5 Å². The molecule has 0 aromatic carbocycles. The van der Waals surface area contributed by atoms with Gasteiger partial charge in [-0.2, -0.15) is 0 Å². The van der Waals surface area contributed by atoms with Gasteiger partial charge in [0, 0.05) is 23.5 Å². The number of nitrogens with zero attached hydrogens (tertiary/aromatic N) is 2. The van der Waals surface area contributed by atoms with Gasteiger partial charge in [0.15, 0.2) is 6.23 Å². The lowest BCUT2D eigenvalue weighted by Crippen LogP contribution is -2.33. The molecule has 7 heteroatoms. The number of nitrogen functional groups attached to an aromatic ring is 1. The molecule has 1 fully saturated rings. The van der Waals surface area contributed by atoms with Crippen LogP contribution in [-0.4, -0.2) is 49.8 Å². The molecular formula is C12H15N3O4. The van der Waals surface area contributed by atoms with Crippen molar-refractivity contribution in [3.63, 3.8) is 0 Å². The van der Waals surface area contributed by atoms with Gasteiger partial charge in [-0.25, -0.2) is 4.98 Å². The monoisotopic (exact) mass is 265 g/mol. The van der Waals surface area contributed by atoms with Crippen molar-refractivity contribution >= 4 is 16.7 Å². The Morgan fingerprint density at radius 2 is 2.11 bits per heavy atom. The highest BCUT2D eigenvalue weighted by molar-refractivity contribution is 5.88. The molecule has 1 aliphatic rings. The fourth-order valence-corrected chi connectivity index (χ4v) is 2.39. The molecule has 19 heavy (non-hydrogen) atoms. The predicted molar refractivity (Wildman–Crippen MR) is 67.2 cm³/mol. The molecule has 1 aliphatic heterocycles. The standard InChI is InChI=1S/C12H15N3O4/c13-7-1-3-14-11-6(7)2-4-15(11)12-10(18)9(17)8(5-16)19-12/h1-4,8-10,12,16-18H,5H2,(H2,13,14)/t8-,9-,10-,12-/m1/s1. The molecular weight excluding hydrogens is 250 g/mol. The molecule has 0 amide bonds. The number of aliphatic hydroxyl groups is 3. The molecule has 3 rings (SSSR count). The molecule has 0 unspecified atom stereocenters. The molecule has 0 spiro atoms. The van der Waals surface area contributed by atoms with E-state index in [1.807, 2.05) is 0 Å². The van der Waals surface area contributed by atoms with Gasteiger partial charge in [0.05, 0.1) is 6.61 Å². The molecule has 2 aromatic rings.